The van der Waals surface area contributed by atoms with E-state index < -0.39 is 6.10 Å². The summed E-state index contributed by atoms with van der Waals surface area (Å²) in [6, 6.07) is 0. The minimum absolute atomic E-state index is 0.000802. The normalized spacial score (nSPS) is 46.0. The Morgan fingerprint density at radius 2 is 1.85 bits per heavy atom. The molecule has 3 heteroatoms. The molecular formula is C30H48O3. The third kappa shape index (κ3) is 3.46. The van der Waals surface area contributed by atoms with Gasteiger partial charge < -0.3 is 10.2 Å². The van der Waals surface area contributed by atoms with Gasteiger partial charge in [0, 0.05) is 11.8 Å². The number of ketones is 1. The monoisotopic (exact) mass is 456 g/mol. The maximum atomic E-state index is 12.8. The van der Waals surface area contributed by atoms with Crippen molar-refractivity contribution < 1.29 is 15.0 Å². The predicted octanol–water partition coefficient (Wildman–Crippen LogP) is 6.48. The molecule has 3 fully saturated rings. The SMILES string of the molecule is C=C(C)[C@@H](O)CC[C@@H](C)[C@@H]1[C@@H](O)C[C@]2(C)C3=CC[C@H]4C(C)(C)C(=O)CCC4(C)[C@H]3CC[C@@]12C. The van der Waals surface area contributed by atoms with Gasteiger partial charge in [-0.2, -0.15) is 0 Å². The summed E-state index contributed by atoms with van der Waals surface area (Å²) in [5.74, 6) is 1.98. The van der Waals surface area contributed by atoms with E-state index in [4.69, 9.17) is 0 Å². The zero-order valence-corrected chi connectivity index (χ0v) is 22.2. The molecule has 9 atom stereocenters. The second-order valence-corrected chi connectivity index (χ2v) is 13.7. The summed E-state index contributed by atoms with van der Waals surface area (Å²) in [4.78, 5) is 12.8. The van der Waals surface area contributed by atoms with E-state index in [0.717, 1.165) is 44.1 Å². The minimum Gasteiger partial charge on any atom is -0.393 e. The van der Waals surface area contributed by atoms with Gasteiger partial charge in [0.15, 0.2) is 0 Å². The minimum atomic E-state index is -0.448. The van der Waals surface area contributed by atoms with Crippen molar-refractivity contribution in [3.05, 3.63) is 23.8 Å². The first kappa shape index (κ1) is 25.2. The number of fused-ring (bicyclic) bond motifs is 5. The molecule has 2 N–H and O–H groups in total. The summed E-state index contributed by atoms with van der Waals surface area (Å²) in [6.45, 7) is 19.8. The van der Waals surface area contributed by atoms with Crippen LogP contribution in [0.2, 0.25) is 0 Å². The number of Topliss-reactive ketones (excluding diaryl/α,β-unsaturated/α-hetero) is 1. The van der Waals surface area contributed by atoms with Crippen molar-refractivity contribution in [3.8, 4) is 0 Å². The highest BCUT2D eigenvalue weighted by atomic mass is 16.3. The number of aliphatic hydroxyl groups is 2. The molecule has 186 valence electrons. The van der Waals surface area contributed by atoms with Crippen molar-refractivity contribution in [1.29, 1.82) is 0 Å². The summed E-state index contributed by atoms with van der Waals surface area (Å²) < 4.78 is 0. The van der Waals surface area contributed by atoms with Gasteiger partial charge in [0.25, 0.3) is 0 Å². The van der Waals surface area contributed by atoms with Crippen LogP contribution in [0.25, 0.3) is 0 Å². The molecule has 0 aliphatic heterocycles. The molecule has 0 amide bonds. The van der Waals surface area contributed by atoms with Crippen LogP contribution in [0.4, 0.5) is 0 Å². The van der Waals surface area contributed by atoms with E-state index in [2.05, 4.69) is 54.2 Å². The number of rotatable bonds is 5. The zero-order valence-electron chi connectivity index (χ0n) is 22.2. The number of carbonyl (C=O) groups is 1. The Hall–Kier alpha value is -0.930. The van der Waals surface area contributed by atoms with Gasteiger partial charge in [-0.15, -0.1) is 0 Å². The fraction of sp³-hybridized carbons (Fsp3) is 0.833. The quantitative estimate of drug-likeness (QED) is 0.465. The van der Waals surface area contributed by atoms with Gasteiger partial charge >= 0.3 is 0 Å². The van der Waals surface area contributed by atoms with Crippen molar-refractivity contribution in [3.63, 3.8) is 0 Å². The van der Waals surface area contributed by atoms with Crippen LogP contribution in [-0.2, 0) is 4.79 Å². The lowest BCUT2D eigenvalue weighted by atomic mass is 9.41. The van der Waals surface area contributed by atoms with Crippen LogP contribution < -0.4 is 0 Å². The van der Waals surface area contributed by atoms with Crippen molar-refractivity contribution in [2.75, 3.05) is 0 Å². The first-order chi connectivity index (χ1) is 15.2. The average Bonchev–Trinajstić information content (AvgIpc) is 2.94. The van der Waals surface area contributed by atoms with Crippen molar-refractivity contribution >= 4 is 5.78 Å². The Kier molecular flexibility index (Phi) is 6.14. The summed E-state index contributed by atoms with van der Waals surface area (Å²) in [6.07, 6.45) is 9.27. The number of allylic oxidation sites excluding steroid dienone is 2. The molecule has 4 aliphatic carbocycles. The molecule has 4 rings (SSSR count). The van der Waals surface area contributed by atoms with Crippen molar-refractivity contribution in [2.45, 2.75) is 112 Å². The molecule has 0 bridgehead atoms. The van der Waals surface area contributed by atoms with Gasteiger partial charge in [-0.05, 0) is 91.8 Å². The van der Waals surface area contributed by atoms with Gasteiger partial charge in [0.1, 0.15) is 5.78 Å². The molecule has 4 aliphatic rings. The second-order valence-electron chi connectivity index (χ2n) is 13.7. The topological polar surface area (TPSA) is 57.5 Å². The fourth-order valence-corrected chi connectivity index (χ4v) is 9.48. The highest BCUT2D eigenvalue weighted by Gasteiger charge is 2.67. The molecule has 0 aromatic carbocycles. The summed E-state index contributed by atoms with van der Waals surface area (Å²) in [5, 5.41) is 21.7. The summed E-state index contributed by atoms with van der Waals surface area (Å²) in [5.41, 5.74) is 2.41. The van der Waals surface area contributed by atoms with Gasteiger partial charge in [-0.1, -0.05) is 65.3 Å². The Morgan fingerprint density at radius 3 is 2.48 bits per heavy atom. The highest BCUT2D eigenvalue weighted by molar-refractivity contribution is 5.85. The van der Waals surface area contributed by atoms with Crippen LogP contribution in [-0.4, -0.2) is 28.2 Å². The van der Waals surface area contributed by atoms with E-state index in [-0.39, 0.29) is 33.7 Å². The maximum Gasteiger partial charge on any atom is 0.138 e. The molecule has 0 aromatic heterocycles. The zero-order chi connectivity index (χ0) is 24.6. The largest absolute Gasteiger partial charge is 0.393 e. The van der Waals surface area contributed by atoms with Gasteiger partial charge in [-0.3, -0.25) is 4.79 Å². The summed E-state index contributed by atoms with van der Waals surface area (Å²) in [7, 11) is 0. The molecule has 0 spiro atoms. The smallest absolute Gasteiger partial charge is 0.138 e. The molecule has 0 radical (unpaired) electrons. The summed E-state index contributed by atoms with van der Waals surface area (Å²) >= 11 is 0. The number of aliphatic hydroxyl groups excluding tert-OH is 2. The van der Waals surface area contributed by atoms with Crippen molar-refractivity contribution in [2.24, 2.45) is 45.3 Å². The Morgan fingerprint density at radius 1 is 1.18 bits per heavy atom. The molecule has 1 unspecified atom stereocenters. The number of hydrogen-bond donors (Lipinski definition) is 2. The Balaban J connectivity index is 1.65. The van der Waals surface area contributed by atoms with Gasteiger partial charge in [0.2, 0.25) is 0 Å². The van der Waals surface area contributed by atoms with E-state index in [9.17, 15) is 15.0 Å². The molecule has 0 saturated heterocycles. The Labute approximate surface area is 202 Å². The van der Waals surface area contributed by atoms with E-state index in [0.29, 0.717) is 30.0 Å². The molecular weight excluding hydrogens is 408 g/mol. The lowest BCUT2D eigenvalue weighted by Gasteiger charge is -2.63. The van der Waals surface area contributed by atoms with Crippen LogP contribution in [0, 0.1) is 45.3 Å². The van der Waals surface area contributed by atoms with Crippen LogP contribution >= 0.6 is 0 Å². The van der Waals surface area contributed by atoms with Crippen LogP contribution in [0.15, 0.2) is 23.8 Å². The fourth-order valence-electron chi connectivity index (χ4n) is 9.48. The lowest BCUT2D eigenvalue weighted by molar-refractivity contribution is -0.146. The van der Waals surface area contributed by atoms with Crippen molar-refractivity contribution in [1.82, 2.24) is 0 Å². The van der Waals surface area contributed by atoms with E-state index in [1.807, 2.05) is 6.92 Å². The van der Waals surface area contributed by atoms with Gasteiger partial charge in [-0.25, -0.2) is 0 Å². The van der Waals surface area contributed by atoms with E-state index in [1.165, 1.54) is 6.42 Å². The molecule has 0 aromatic rings. The highest BCUT2D eigenvalue weighted by Crippen LogP contribution is 2.73. The van der Waals surface area contributed by atoms with Crippen LogP contribution in [0.5, 0.6) is 0 Å². The van der Waals surface area contributed by atoms with Crippen LogP contribution in [0.3, 0.4) is 0 Å². The molecule has 3 saturated carbocycles. The van der Waals surface area contributed by atoms with Crippen LogP contribution in [0.1, 0.15) is 99.8 Å². The third-order valence-corrected chi connectivity index (χ3v) is 11.7. The number of carbonyl (C=O) groups excluding carboxylic acids is 1. The Bertz CT molecular complexity index is 855. The first-order valence-corrected chi connectivity index (χ1v) is 13.5. The third-order valence-electron chi connectivity index (χ3n) is 11.7. The molecule has 3 nitrogen and oxygen atoms in total. The predicted molar refractivity (Wildman–Crippen MR) is 135 cm³/mol. The maximum absolute atomic E-state index is 12.8. The average molecular weight is 457 g/mol. The lowest BCUT2D eigenvalue weighted by Crippen LogP contribution is -2.57. The molecule has 33 heavy (non-hydrogen) atoms. The number of hydrogen-bond acceptors (Lipinski definition) is 3. The first-order valence-electron chi connectivity index (χ1n) is 13.5. The molecule has 0 heterocycles. The van der Waals surface area contributed by atoms with E-state index in [1.54, 1.807) is 5.57 Å². The standard InChI is InChI=1S/C30H48O3/c1-18(2)22(31)11-9-19(3)26-23(32)17-30(8)21-10-12-24-27(4,5)25(33)14-15-28(24,6)20(21)13-16-29(26,30)7/h10,19-20,22-24,26,31-32H,1,9,11-17H2,2-8H3/t19-,20+,22+,23+,24+,26-,28?,29+,30-/m1/s1. The van der Waals surface area contributed by atoms with Gasteiger partial charge in [0.05, 0.1) is 12.2 Å². The van der Waals surface area contributed by atoms with E-state index >= 15 is 0 Å². The second kappa shape index (κ2) is 8.05.